The van der Waals surface area contributed by atoms with E-state index in [1.807, 2.05) is 4.90 Å². The summed E-state index contributed by atoms with van der Waals surface area (Å²) in [7, 11) is 0. The van der Waals surface area contributed by atoms with Crippen molar-refractivity contribution in [2.75, 3.05) is 13.1 Å². The highest BCUT2D eigenvalue weighted by Gasteiger charge is 2.39. The molecular formula is C17H16F3N3O3. The van der Waals surface area contributed by atoms with Crippen LogP contribution < -0.4 is 4.74 Å². The van der Waals surface area contributed by atoms with Crippen LogP contribution >= 0.6 is 0 Å². The SMILES string of the molecule is O=C(C1CC1)N1CC[C@H](Oc2ccc(-c3noc(C(F)(F)F)n3)cc2)C1. The molecule has 2 fully saturated rings. The van der Waals surface area contributed by atoms with Crippen LogP contribution in [0.5, 0.6) is 5.75 Å². The summed E-state index contributed by atoms with van der Waals surface area (Å²) in [5.41, 5.74) is 0.397. The Morgan fingerprint density at radius 1 is 1.19 bits per heavy atom. The molecule has 0 radical (unpaired) electrons. The number of alkyl halides is 3. The predicted molar refractivity (Wildman–Crippen MR) is 83.1 cm³/mol. The monoisotopic (exact) mass is 367 g/mol. The zero-order valence-corrected chi connectivity index (χ0v) is 13.7. The van der Waals surface area contributed by atoms with Gasteiger partial charge in [0.1, 0.15) is 11.9 Å². The van der Waals surface area contributed by atoms with Crippen LogP contribution in [0, 0.1) is 5.92 Å². The molecule has 0 N–H and O–H groups in total. The lowest BCUT2D eigenvalue weighted by atomic mass is 10.2. The Morgan fingerprint density at radius 3 is 2.54 bits per heavy atom. The van der Waals surface area contributed by atoms with Crippen LogP contribution in [-0.4, -0.2) is 40.1 Å². The molecule has 1 aromatic heterocycles. The minimum atomic E-state index is -4.67. The summed E-state index contributed by atoms with van der Waals surface area (Å²) in [6.45, 7) is 1.26. The Labute approximate surface area is 146 Å². The van der Waals surface area contributed by atoms with E-state index in [4.69, 9.17) is 4.74 Å². The largest absolute Gasteiger partial charge is 0.489 e. The van der Waals surface area contributed by atoms with Crippen LogP contribution in [0.4, 0.5) is 13.2 Å². The van der Waals surface area contributed by atoms with E-state index in [0.29, 0.717) is 24.4 Å². The van der Waals surface area contributed by atoms with E-state index in [1.54, 1.807) is 24.3 Å². The minimum Gasteiger partial charge on any atom is -0.489 e. The Kier molecular flexibility index (Phi) is 4.08. The summed E-state index contributed by atoms with van der Waals surface area (Å²) in [5, 5.41) is 3.35. The highest BCUT2D eigenvalue weighted by atomic mass is 19.4. The number of benzene rings is 1. The molecule has 1 saturated heterocycles. The van der Waals surface area contributed by atoms with Crippen LogP contribution in [-0.2, 0) is 11.0 Å². The quantitative estimate of drug-likeness (QED) is 0.830. The number of carbonyl (C=O) groups excluding carboxylic acids is 1. The first-order chi connectivity index (χ1) is 12.4. The van der Waals surface area contributed by atoms with E-state index in [9.17, 15) is 18.0 Å². The van der Waals surface area contributed by atoms with Crippen molar-refractivity contribution in [1.29, 1.82) is 0 Å². The van der Waals surface area contributed by atoms with Crippen LogP contribution in [0.25, 0.3) is 11.4 Å². The third kappa shape index (κ3) is 3.51. The molecule has 2 aliphatic rings. The van der Waals surface area contributed by atoms with E-state index in [-0.39, 0.29) is 23.8 Å². The second-order valence-electron chi connectivity index (χ2n) is 6.53. The third-order valence-corrected chi connectivity index (χ3v) is 4.47. The number of hydrogen-bond acceptors (Lipinski definition) is 5. The number of hydrogen-bond donors (Lipinski definition) is 0. The number of halogens is 3. The number of aromatic nitrogens is 2. The van der Waals surface area contributed by atoms with Crippen LogP contribution in [0.1, 0.15) is 25.2 Å². The molecule has 26 heavy (non-hydrogen) atoms. The number of nitrogens with zero attached hydrogens (tertiary/aromatic N) is 3. The van der Waals surface area contributed by atoms with Gasteiger partial charge in [0.15, 0.2) is 0 Å². The number of likely N-dealkylation sites (tertiary alicyclic amines) is 1. The van der Waals surface area contributed by atoms with E-state index in [0.717, 1.165) is 19.3 Å². The number of rotatable bonds is 4. The fraction of sp³-hybridized carbons (Fsp3) is 0.471. The lowest BCUT2D eigenvalue weighted by Gasteiger charge is -2.17. The first-order valence-corrected chi connectivity index (χ1v) is 8.37. The average Bonchev–Trinajstić information content (AvgIpc) is 3.14. The molecule has 4 rings (SSSR count). The average molecular weight is 367 g/mol. The normalized spacial score (nSPS) is 20.4. The van der Waals surface area contributed by atoms with E-state index >= 15 is 0 Å². The maximum atomic E-state index is 12.5. The Morgan fingerprint density at radius 2 is 1.92 bits per heavy atom. The summed E-state index contributed by atoms with van der Waals surface area (Å²) in [5.74, 6) is -0.516. The molecule has 2 aromatic rings. The van der Waals surface area contributed by atoms with Gasteiger partial charge in [-0.1, -0.05) is 5.16 Å². The van der Waals surface area contributed by atoms with Gasteiger partial charge < -0.3 is 14.2 Å². The van der Waals surface area contributed by atoms with Gasteiger partial charge in [-0.25, -0.2) is 0 Å². The molecule has 1 atom stereocenters. The molecule has 0 spiro atoms. The fourth-order valence-electron chi connectivity index (χ4n) is 2.94. The molecule has 1 aliphatic carbocycles. The second-order valence-corrected chi connectivity index (χ2v) is 6.53. The van der Waals surface area contributed by atoms with Gasteiger partial charge in [-0.2, -0.15) is 18.2 Å². The van der Waals surface area contributed by atoms with Gasteiger partial charge in [0, 0.05) is 24.4 Å². The number of carbonyl (C=O) groups is 1. The van der Waals surface area contributed by atoms with E-state index < -0.39 is 12.1 Å². The highest BCUT2D eigenvalue weighted by Crippen LogP contribution is 2.33. The van der Waals surface area contributed by atoms with Crippen molar-refractivity contribution in [3.8, 4) is 17.1 Å². The van der Waals surface area contributed by atoms with Crippen molar-refractivity contribution < 1.29 is 27.2 Å². The summed E-state index contributed by atoms with van der Waals surface area (Å²) in [6.07, 6.45) is -2.02. The molecular weight excluding hydrogens is 351 g/mol. The molecule has 2 heterocycles. The van der Waals surface area contributed by atoms with Crippen molar-refractivity contribution in [3.05, 3.63) is 30.2 Å². The lowest BCUT2D eigenvalue weighted by Crippen LogP contribution is -2.31. The van der Waals surface area contributed by atoms with Gasteiger partial charge in [0.2, 0.25) is 11.7 Å². The molecule has 1 saturated carbocycles. The smallest absolute Gasteiger partial charge is 0.471 e. The zero-order valence-electron chi connectivity index (χ0n) is 13.7. The topological polar surface area (TPSA) is 68.5 Å². The van der Waals surface area contributed by atoms with E-state index in [2.05, 4.69) is 14.7 Å². The van der Waals surface area contributed by atoms with Crippen molar-refractivity contribution in [2.24, 2.45) is 5.92 Å². The lowest BCUT2D eigenvalue weighted by molar-refractivity contribution is -0.159. The standard InChI is InChI=1S/C17H16F3N3O3/c18-17(19,20)16-21-14(22-26-16)10-3-5-12(6-4-10)25-13-7-8-23(9-13)15(24)11-1-2-11/h3-6,11,13H,1-2,7-9H2/t13-/m0/s1. The number of ether oxygens (including phenoxy) is 1. The molecule has 1 aromatic carbocycles. The van der Waals surface area contributed by atoms with Crippen molar-refractivity contribution in [1.82, 2.24) is 15.0 Å². The Balaban J connectivity index is 1.37. The maximum absolute atomic E-state index is 12.5. The summed E-state index contributed by atoms with van der Waals surface area (Å²) < 4.78 is 47.6. The second kappa shape index (κ2) is 6.30. The van der Waals surface area contributed by atoms with Gasteiger partial charge in [-0.05, 0) is 37.1 Å². The zero-order chi connectivity index (χ0) is 18.3. The van der Waals surface area contributed by atoms with Crippen molar-refractivity contribution in [3.63, 3.8) is 0 Å². The van der Waals surface area contributed by atoms with Crippen molar-refractivity contribution in [2.45, 2.75) is 31.5 Å². The molecule has 6 nitrogen and oxygen atoms in total. The third-order valence-electron chi connectivity index (χ3n) is 4.47. The molecule has 1 aliphatic heterocycles. The molecule has 9 heteroatoms. The summed E-state index contributed by atoms with van der Waals surface area (Å²) in [6, 6.07) is 6.43. The molecule has 0 bridgehead atoms. The van der Waals surface area contributed by atoms with Crippen LogP contribution in [0.3, 0.4) is 0 Å². The fourth-order valence-corrected chi connectivity index (χ4v) is 2.94. The summed E-state index contributed by atoms with van der Waals surface area (Å²) in [4.78, 5) is 17.2. The first kappa shape index (κ1) is 16.9. The first-order valence-electron chi connectivity index (χ1n) is 8.37. The molecule has 1 amide bonds. The maximum Gasteiger partial charge on any atom is 0.471 e. The highest BCUT2D eigenvalue weighted by molar-refractivity contribution is 5.81. The van der Waals surface area contributed by atoms with Gasteiger partial charge in [0.25, 0.3) is 0 Å². The number of amides is 1. The van der Waals surface area contributed by atoms with Gasteiger partial charge >= 0.3 is 12.1 Å². The van der Waals surface area contributed by atoms with Crippen molar-refractivity contribution >= 4 is 5.91 Å². The van der Waals surface area contributed by atoms with Crippen LogP contribution in [0.15, 0.2) is 28.8 Å². The Hall–Kier alpha value is -2.58. The Bertz CT molecular complexity index is 800. The molecule has 0 unspecified atom stereocenters. The molecule has 138 valence electrons. The van der Waals surface area contributed by atoms with E-state index in [1.165, 1.54) is 0 Å². The van der Waals surface area contributed by atoms with Gasteiger partial charge in [-0.15, -0.1) is 0 Å². The van der Waals surface area contributed by atoms with Gasteiger partial charge in [-0.3, -0.25) is 4.79 Å². The van der Waals surface area contributed by atoms with Crippen LogP contribution in [0.2, 0.25) is 0 Å². The minimum absolute atomic E-state index is 0.0782. The summed E-state index contributed by atoms with van der Waals surface area (Å²) >= 11 is 0. The predicted octanol–water partition coefficient (Wildman–Crippen LogP) is 3.15. The van der Waals surface area contributed by atoms with Gasteiger partial charge in [0.05, 0.1) is 6.54 Å².